The third kappa shape index (κ3) is 4.77. The van der Waals surface area contributed by atoms with Crippen LogP contribution in [0.4, 0.5) is 0 Å². The summed E-state index contributed by atoms with van der Waals surface area (Å²) in [6.07, 6.45) is 11.0. The van der Waals surface area contributed by atoms with Gasteiger partial charge in [-0.2, -0.15) is 0 Å². The Morgan fingerprint density at radius 3 is 2.74 bits per heavy atom. The largest absolute Gasteiger partial charge is 0.454 e. The molecule has 4 rings (SSSR count). The van der Waals surface area contributed by atoms with Crippen LogP contribution in [0.5, 0.6) is 11.5 Å². The van der Waals surface area contributed by atoms with E-state index in [1.54, 1.807) is 18.2 Å². The Morgan fingerprint density at radius 1 is 1.19 bits per heavy atom. The van der Waals surface area contributed by atoms with Crippen molar-refractivity contribution < 1.29 is 14.3 Å². The Kier molecular flexibility index (Phi) is 5.89. The van der Waals surface area contributed by atoms with E-state index >= 15 is 0 Å². The minimum atomic E-state index is -0.0574. The SMILES string of the molecule is O=C(/C=C/c1cc(Cl)c2c(c1)OCO2)NC1CCN(CC2CCCC2)CC1. The predicted molar refractivity (Wildman–Crippen MR) is 106 cm³/mol. The number of hydrogen-bond acceptors (Lipinski definition) is 4. The standard InChI is InChI=1S/C21H27ClN2O3/c22-18-11-16(12-19-21(18)27-14-26-19)5-6-20(25)23-17-7-9-24(10-8-17)13-15-3-1-2-4-15/h5-6,11-12,15,17H,1-4,7-10,13-14H2,(H,23,25)/b6-5+. The van der Waals surface area contributed by atoms with Crippen LogP contribution >= 0.6 is 11.6 Å². The first-order valence-electron chi connectivity index (χ1n) is 9.97. The maximum absolute atomic E-state index is 12.3. The fourth-order valence-corrected chi connectivity index (χ4v) is 4.60. The molecule has 146 valence electrons. The molecule has 1 saturated carbocycles. The molecule has 1 N–H and O–H groups in total. The van der Waals surface area contributed by atoms with Crippen LogP contribution in [0.1, 0.15) is 44.1 Å². The second kappa shape index (κ2) is 8.53. The van der Waals surface area contributed by atoms with Gasteiger partial charge in [0, 0.05) is 31.8 Å². The van der Waals surface area contributed by atoms with Gasteiger partial charge < -0.3 is 19.7 Å². The van der Waals surface area contributed by atoms with Crippen LogP contribution in [-0.2, 0) is 4.79 Å². The van der Waals surface area contributed by atoms with Crippen molar-refractivity contribution in [1.82, 2.24) is 10.2 Å². The van der Waals surface area contributed by atoms with Crippen LogP contribution in [0.25, 0.3) is 6.08 Å². The lowest BCUT2D eigenvalue weighted by molar-refractivity contribution is -0.117. The topological polar surface area (TPSA) is 50.8 Å². The minimum absolute atomic E-state index is 0.0574. The quantitative estimate of drug-likeness (QED) is 0.776. The third-order valence-corrected chi connectivity index (χ3v) is 6.08. The van der Waals surface area contributed by atoms with E-state index in [0.29, 0.717) is 16.5 Å². The number of carbonyl (C=O) groups is 1. The molecule has 1 saturated heterocycles. The number of amides is 1. The lowest BCUT2D eigenvalue weighted by atomic mass is 10.0. The molecule has 6 heteroatoms. The summed E-state index contributed by atoms with van der Waals surface area (Å²) in [7, 11) is 0. The molecule has 0 atom stereocenters. The van der Waals surface area contributed by atoms with Gasteiger partial charge in [-0.15, -0.1) is 0 Å². The number of hydrogen-bond donors (Lipinski definition) is 1. The highest BCUT2D eigenvalue weighted by molar-refractivity contribution is 6.32. The van der Waals surface area contributed by atoms with E-state index in [1.165, 1.54) is 32.2 Å². The Morgan fingerprint density at radius 2 is 1.96 bits per heavy atom. The highest BCUT2D eigenvalue weighted by Crippen LogP contribution is 2.40. The van der Waals surface area contributed by atoms with E-state index in [4.69, 9.17) is 21.1 Å². The van der Waals surface area contributed by atoms with Gasteiger partial charge in [0.25, 0.3) is 0 Å². The van der Waals surface area contributed by atoms with Crippen molar-refractivity contribution in [2.45, 2.75) is 44.6 Å². The van der Waals surface area contributed by atoms with Crippen molar-refractivity contribution >= 4 is 23.6 Å². The lowest BCUT2D eigenvalue weighted by Crippen LogP contribution is -2.45. The van der Waals surface area contributed by atoms with E-state index in [9.17, 15) is 4.79 Å². The van der Waals surface area contributed by atoms with Gasteiger partial charge >= 0.3 is 0 Å². The Balaban J connectivity index is 1.24. The average molecular weight is 391 g/mol. The van der Waals surface area contributed by atoms with E-state index in [-0.39, 0.29) is 18.7 Å². The van der Waals surface area contributed by atoms with Crippen LogP contribution in [0.2, 0.25) is 5.02 Å². The molecule has 2 heterocycles. The fraction of sp³-hybridized carbons (Fsp3) is 0.571. The van der Waals surface area contributed by atoms with Crippen LogP contribution in [0.15, 0.2) is 18.2 Å². The van der Waals surface area contributed by atoms with E-state index in [2.05, 4.69) is 10.2 Å². The summed E-state index contributed by atoms with van der Waals surface area (Å²) >= 11 is 6.18. The normalized spacial score (nSPS) is 21.2. The molecule has 1 aromatic rings. The van der Waals surface area contributed by atoms with Gasteiger partial charge in [-0.3, -0.25) is 4.79 Å². The number of halogens is 1. The minimum Gasteiger partial charge on any atom is -0.454 e. The molecule has 0 radical (unpaired) electrons. The Hall–Kier alpha value is -1.72. The smallest absolute Gasteiger partial charge is 0.244 e. The number of likely N-dealkylation sites (tertiary alicyclic amines) is 1. The van der Waals surface area contributed by atoms with Crippen molar-refractivity contribution in [1.29, 1.82) is 0 Å². The molecule has 0 aromatic heterocycles. The molecular formula is C21H27ClN2O3. The van der Waals surface area contributed by atoms with Gasteiger partial charge in [0.1, 0.15) is 0 Å². The summed E-state index contributed by atoms with van der Waals surface area (Å²) < 4.78 is 10.7. The van der Waals surface area contributed by atoms with Crippen LogP contribution in [0, 0.1) is 5.92 Å². The molecule has 27 heavy (non-hydrogen) atoms. The molecule has 1 aliphatic carbocycles. The number of carbonyl (C=O) groups excluding carboxylic acids is 1. The number of piperidine rings is 1. The molecule has 1 amide bonds. The van der Waals surface area contributed by atoms with Crippen molar-refractivity contribution in [3.63, 3.8) is 0 Å². The molecule has 3 aliphatic rings. The summed E-state index contributed by atoms with van der Waals surface area (Å²) in [5.41, 5.74) is 0.825. The van der Waals surface area contributed by atoms with Crippen molar-refractivity contribution in [2.24, 2.45) is 5.92 Å². The van der Waals surface area contributed by atoms with Gasteiger partial charge in [-0.05, 0) is 55.4 Å². The first-order chi connectivity index (χ1) is 13.2. The number of nitrogens with zero attached hydrogens (tertiary/aromatic N) is 1. The Labute approximate surface area is 165 Å². The highest BCUT2D eigenvalue weighted by atomic mass is 35.5. The molecule has 0 bridgehead atoms. The van der Waals surface area contributed by atoms with Crippen LogP contribution in [-0.4, -0.2) is 43.3 Å². The van der Waals surface area contributed by atoms with Crippen molar-refractivity contribution in [3.8, 4) is 11.5 Å². The summed E-state index contributed by atoms with van der Waals surface area (Å²) in [5.74, 6) is 2.03. The number of benzene rings is 1. The first kappa shape index (κ1) is 18.6. The fourth-order valence-electron chi connectivity index (χ4n) is 4.32. The predicted octanol–water partition coefficient (Wildman–Crippen LogP) is 3.85. The number of rotatable bonds is 5. The van der Waals surface area contributed by atoms with Gasteiger partial charge in [-0.1, -0.05) is 24.4 Å². The Bertz CT molecular complexity index is 708. The second-order valence-corrected chi connectivity index (χ2v) is 8.21. The average Bonchev–Trinajstić information content (AvgIpc) is 3.33. The zero-order valence-corrected chi connectivity index (χ0v) is 16.3. The number of nitrogens with one attached hydrogen (secondary N) is 1. The summed E-state index contributed by atoms with van der Waals surface area (Å²) in [6.45, 7) is 3.60. The molecule has 1 aromatic carbocycles. The summed E-state index contributed by atoms with van der Waals surface area (Å²) in [6, 6.07) is 3.88. The van der Waals surface area contributed by atoms with E-state index in [0.717, 1.165) is 37.4 Å². The number of fused-ring (bicyclic) bond motifs is 1. The van der Waals surface area contributed by atoms with Gasteiger partial charge in [0.15, 0.2) is 11.5 Å². The van der Waals surface area contributed by atoms with Crippen LogP contribution in [0.3, 0.4) is 0 Å². The molecule has 0 unspecified atom stereocenters. The maximum Gasteiger partial charge on any atom is 0.244 e. The zero-order valence-electron chi connectivity index (χ0n) is 15.6. The third-order valence-electron chi connectivity index (χ3n) is 5.80. The molecule has 0 spiro atoms. The molecular weight excluding hydrogens is 364 g/mol. The highest BCUT2D eigenvalue weighted by Gasteiger charge is 2.24. The summed E-state index contributed by atoms with van der Waals surface area (Å²) in [5, 5.41) is 3.63. The molecule has 5 nitrogen and oxygen atoms in total. The van der Waals surface area contributed by atoms with Gasteiger partial charge in [-0.25, -0.2) is 0 Å². The zero-order chi connectivity index (χ0) is 18.6. The van der Waals surface area contributed by atoms with E-state index < -0.39 is 0 Å². The lowest BCUT2D eigenvalue weighted by Gasteiger charge is -2.33. The maximum atomic E-state index is 12.3. The molecule has 2 aliphatic heterocycles. The number of ether oxygens (including phenoxy) is 2. The van der Waals surface area contributed by atoms with Crippen molar-refractivity contribution in [2.75, 3.05) is 26.4 Å². The van der Waals surface area contributed by atoms with Crippen LogP contribution < -0.4 is 14.8 Å². The monoisotopic (exact) mass is 390 g/mol. The second-order valence-electron chi connectivity index (χ2n) is 7.80. The first-order valence-corrected chi connectivity index (χ1v) is 10.4. The molecule has 2 fully saturated rings. The summed E-state index contributed by atoms with van der Waals surface area (Å²) in [4.78, 5) is 14.8. The van der Waals surface area contributed by atoms with Crippen molar-refractivity contribution in [3.05, 3.63) is 28.8 Å². The van der Waals surface area contributed by atoms with Gasteiger partial charge in [0.05, 0.1) is 5.02 Å². The van der Waals surface area contributed by atoms with E-state index in [1.807, 2.05) is 6.07 Å². The van der Waals surface area contributed by atoms with Gasteiger partial charge in [0.2, 0.25) is 12.7 Å².